The van der Waals surface area contributed by atoms with Crippen molar-refractivity contribution in [2.45, 2.75) is 64.6 Å². The van der Waals surface area contributed by atoms with Crippen LogP contribution in [-0.2, 0) is 24.8 Å². The van der Waals surface area contributed by atoms with Crippen molar-refractivity contribution in [1.82, 2.24) is 24.6 Å². The van der Waals surface area contributed by atoms with E-state index in [1.165, 1.54) is 30.5 Å². The van der Waals surface area contributed by atoms with Gasteiger partial charge in [-0.3, -0.25) is 19.4 Å². The Morgan fingerprint density at radius 1 is 1.00 bits per heavy atom. The van der Waals surface area contributed by atoms with E-state index in [4.69, 9.17) is 0 Å². The van der Waals surface area contributed by atoms with Crippen molar-refractivity contribution in [2.75, 3.05) is 32.7 Å². The highest BCUT2D eigenvalue weighted by atomic mass is 19.1. The van der Waals surface area contributed by atoms with Crippen LogP contribution in [0.3, 0.4) is 0 Å². The van der Waals surface area contributed by atoms with Gasteiger partial charge in [0.15, 0.2) is 0 Å². The minimum absolute atomic E-state index is 0.0375. The van der Waals surface area contributed by atoms with Crippen molar-refractivity contribution in [1.29, 1.82) is 0 Å². The van der Waals surface area contributed by atoms with Crippen molar-refractivity contribution in [3.63, 3.8) is 0 Å². The molecule has 0 N–H and O–H groups in total. The Hall–Kier alpha value is -2.64. The van der Waals surface area contributed by atoms with E-state index in [1.807, 2.05) is 24.1 Å². The molecule has 0 aliphatic carbocycles. The molecule has 0 spiro atoms. The van der Waals surface area contributed by atoms with Gasteiger partial charge in [-0.1, -0.05) is 18.6 Å². The minimum Gasteiger partial charge on any atom is -0.300 e. The van der Waals surface area contributed by atoms with Gasteiger partial charge >= 0.3 is 0 Å². The fourth-order valence-corrected chi connectivity index (χ4v) is 5.94. The second kappa shape index (κ2) is 11.0. The predicted octanol–water partition coefficient (Wildman–Crippen LogP) is 5.19. The Morgan fingerprint density at radius 2 is 1.76 bits per heavy atom. The highest BCUT2D eigenvalue weighted by Crippen LogP contribution is 2.29. The van der Waals surface area contributed by atoms with E-state index >= 15 is 0 Å². The van der Waals surface area contributed by atoms with Crippen LogP contribution in [0.15, 0.2) is 36.7 Å². The third kappa shape index (κ3) is 6.44. The van der Waals surface area contributed by atoms with Crippen molar-refractivity contribution in [3.8, 4) is 11.1 Å². The number of piperidine rings is 2. The third-order valence-electron chi connectivity index (χ3n) is 7.97. The van der Waals surface area contributed by atoms with Crippen molar-refractivity contribution < 1.29 is 9.18 Å². The zero-order chi connectivity index (χ0) is 26.0. The summed E-state index contributed by atoms with van der Waals surface area (Å²) in [7, 11) is 2.03. The Labute approximate surface area is 219 Å². The number of benzene rings is 1. The van der Waals surface area contributed by atoms with E-state index in [9.17, 15) is 9.18 Å². The van der Waals surface area contributed by atoms with Crippen LogP contribution in [0.5, 0.6) is 0 Å². The fourth-order valence-electron chi connectivity index (χ4n) is 5.94. The topological polar surface area (TPSA) is 54.3 Å². The molecular formula is C30H40FN5O. The van der Waals surface area contributed by atoms with Crippen LogP contribution in [0, 0.1) is 5.92 Å². The van der Waals surface area contributed by atoms with Crippen LogP contribution >= 0.6 is 0 Å². The van der Waals surface area contributed by atoms with E-state index in [0.717, 1.165) is 67.6 Å². The summed E-state index contributed by atoms with van der Waals surface area (Å²) in [6.45, 7) is 8.44. The van der Waals surface area contributed by atoms with Gasteiger partial charge in [0.05, 0.1) is 11.9 Å². The summed E-state index contributed by atoms with van der Waals surface area (Å²) in [6, 6.07) is 8.54. The van der Waals surface area contributed by atoms with Crippen molar-refractivity contribution in [3.05, 3.63) is 48.0 Å². The number of aromatic nitrogens is 3. The number of hydrogen-bond acceptors (Lipinski definition) is 5. The number of likely N-dealkylation sites (tertiary alicyclic amines) is 2. The number of aryl methyl sites for hydroxylation is 1. The van der Waals surface area contributed by atoms with E-state index in [2.05, 4.69) is 44.1 Å². The summed E-state index contributed by atoms with van der Waals surface area (Å²) < 4.78 is 16.0. The molecule has 2 aliphatic heterocycles. The largest absolute Gasteiger partial charge is 0.300 e. The molecule has 0 bridgehead atoms. The van der Waals surface area contributed by atoms with Gasteiger partial charge in [0, 0.05) is 55.3 Å². The van der Waals surface area contributed by atoms with E-state index in [1.54, 1.807) is 13.8 Å². The number of halogens is 1. The second-order valence-electron chi connectivity index (χ2n) is 11.6. The summed E-state index contributed by atoms with van der Waals surface area (Å²) in [5, 5.41) is 6.75. The third-order valence-corrected chi connectivity index (χ3v) is 7.97. The van der Waals surface area contributed by atoms with Crippen LogP contribution in [0.4, 0.5) is 4.39 Å². The molecule has 1 aromatic carbocycles. The summed E-state index contributed by atoms with van der Waals surface area (Å²) in [5.74, 6) is 0.286. The number of carbonyl (C=O) groups is 1. The van der Waals surface area contributed by atoms with Crippen LogP contribution in [0.2, 0.25) is 0 Å². The lowest BCUT2D eigenvalue weighted by Gasteiger charge is -2.33. The smallest absolute Gasteiger partial charge is 0.142 e. The summed E-state index contributed by atoms with van der Waals surface area (Å²) in [5.41, 5.74) is 3.19. The van der Waals surface area contributed by atoms with Gasteiger partial charge < -0.3 is 4.90 Å². The lowest BCUT2D eigenvalue weighted by Crippen LogP contribution is -2.42. The van der Waals surface area contributed by atoms with Gasteiger partial charge in [-0.2, -0.15) is 5.10 Å². The van der Waals surface area contributed by atoms with E-state index in [0.29, 0.717) is 13.0 Å². The van der Waals surface area contributed by atoms with E-state index < -0.39 is 5.67 Å². The summed E-state index contributed by atoms with van der Waals surface area (Å²) in [6.07, 6.45) is 9.68. The molecule has 6 nitrogen and oxygen atoms in total. The van der Waals surface area contributed by atoms with Gasteiger partial charge in [0.2, 0.25) is 0 Å². The number of nitrogens with zero attached hydrogens (tertiary/aromatic N) is 5. The Balaban J connectivity index is 1.28. The van der Waals surface area contributed by atoms with Crippen LogP contribution < -0.4 is 0 Å². The molecule has 2 saturated heterocycles. The molecule has 5 rings (SSSR count). The van der Waals surface area contributed by atoms with Gasteiger partial charge in [0.25, 0.3) is 0 Å². The zero-order valence-electron chi connectivity index (χ0n) is 22.5. The fraction of sp³-hybridized carbons (Fsp3) is 0.567. The predicted molar refractivity (Wildman–Crippen MR) is 146 cm³/mol. The first-order valence-corrected chi connectivity index (χ1v) is 13.8. The summed E-state index contributed by atoms with van der Waals surface area (Å²) in [4.78, 5) is 22.3. The molecule has 0 amide bonds. The first-order valence-electron chi connectivity index (χ1n) is 13.8. The second-order valence-corrected chi connectivity index (χ2v) is 11.6. The normalized spacial score (nSPS) is 18.5. The van der Waals surface area contributed by atoms with Gasteiger partial charge in [-0.05, 0) is 88.8 Å². The number of Topliss-reactive ketones (excluding diaryl/α,β-unsaturated/α-hetero) is 1. The van der Waals surface area contributed by atoms with Gasteiger partial charge in [-0.15, -0.1) is 0 Å². The van der Waals surface area contributed by atoms with Crippen molar-refractivity contribution in [2.24, 2.45) is 13.0 Å². The van der Waals surface area contributed by atoms with Crippen molar-refractivity contribution >= 4 is 16.6 Å². The Morgan fingerprint density at radius 3 is 2.49 bits per heavy atom. The number of hydrogen-bond donors (Lipinski definition) is 0. The average Bonchev–Trinajstić information content (AvgIpc) is 3.23. The van der Waals surface area contributed by atoms with Crippen LogP contribution in [0.25, 0.3) is 21.9 Å². The molecule has 0 atom stereocenters. The quantitative estimate of drug-likeness (QED) is 0.422. The highest BCUT2D eigenvalue weighted by Gasteiger charge is 2.28. The SMILES string of the molecule is Cn1ncc(-c2ccc3cnc(CC(=O)C4CCN(CC(C)(C)F)CC4)cc3c2)c1CN1CCCCC1. The molecule has 2 aromatic heterocycles. The number of fused-ring (bicyclic) bond motifs is 1. The molecule has 2 aliphatic rings. The lowest BCUT2D eigenvalue weighted by atomic mass is 9.89. The molecule has 37 heavy (non-hydrogen) atoms. The number of pyridine rings is 1. The molecule has 3 aromatic rings. The Kier molecular flexibility index (Phi) is 7.72. The van der Waals surface area contributed by atoms with Gasteiger partial charge in [0.1, 0.15) is 11.5 Å². The first kappa shape index (κ1) is 26.0. The molecule has 7 heteroatoms. The number of carbonyl (C=O) groups excluding carboxylic acids is 1. The first-order chi connectivity index (χ1) is 17.7. The maximum Gasteiger partial charge on any atom is 0.142 e. The highest BCUT2D eigenvalue weighted by molar-refractivity contribution is 5.89. The maximum atomic E-state index is 14.0. The van der Waals surface area contributed by atoms with Crippen LogP contribution in [0.1, 0.15) is 57.3 Å². The molecule has 0 radical (unpaired) electrons. The minimum atomic E-state index is -1.20. The number of rotatable bonds is 8. The molecule has 4 heterocycles. The number of ketones is 1. The molecule has 0 saturated carbocycles. The summed E-state index contributed by atoms with van der Waals surface area (Å²) >= 11 is 0. The number of alkyl halides is 1. The monoisotopic (exact) mass is 505 g/mol. The average molecular weight is 506 g/mol. The van der Waals surface area contributed by atoms with E-state index in [-0.39, 0.29) is 11.7 Å². The van der Waals surface area contributed by atoms with Crippen LogP contribution in [-0.4, -0.2) is 68.7 Å². The molecule has 198 valence electrons. The maximum absolute atomic E-state index is 14.0. The Bertz CT molecular complexity index is 1230. The zero-order valence-corrected chi connectivity index (χ0v) is 22.5. The molecule has 2 fully saturated rings. The molecule has 0 unspecified atom stereocenters. The molecular weight excluding hydrogens is 465 g/mol. The van der Waals surface area contributed by atoms with Gasteiger partial charge in [-0.25, -0.2) is 4.39 Å². The lowest BCUT2D eigenvalue weighted by molar-refractivity contribution is -0.123. The standard InChI is InChI=1S/C30H40FN5O/c1-30(2,31)21-36-13-9-22(10-14-36)29(37)17-26-16-25-15-23(7-8-24(25)18-32-26)27-19-33-34(3)28(27)20-35-11-5-4-6-12-35/h7-8,15-16,18-19,22H,4-6,9-14,17,20-21H2,1-3H3.